The van der Waals surface area contributed by atoms with Gasteiger partial charge < -0.3 is 10.1 Å². The zero-order chi connectivity index (χ0) is 10.7. The van der Waals surface area contributed by atoms with Gasteiger partial charge in [0.05, 0.1) is 10.4 Å². The van der Waals surface area contributed by atoms with Gasteiger partial charge in [0, 0.05) is 19.2 Å². The molecule has 0 spiro atoms. The van der Waals surface area contributed by atoms with E-state index in [2.05, 4.69) is 17.6 Å². The van der Waals surface area contributed by atoms with Gasteiger partial charge in [-0.15, -0.1) is 11.3 Å². The molecule has 2 atom stereocenters. The molecule has 0 aromatic carbocycles. The molecule has 0 aliphatic carbocycles. The molecule has 0 radical (unpaired) electrons. The van der Waals surface area contributed by atoms with Crippen LogP contribution in [0.5, 0.6) is 0 Å². The predicted octanol–water partition coefficient (Wildman–Crippen LogP) is 3.23. The van der Waals surface area contributed by atoms with Crippen molar-refractivity contribution in [2.75, 3.05) is 13.2 Å². The van der Waals surface area contributed by atoms with Crippen LogP contribution in [-0.2, 0) is 4.74 Å². The van der Waals surface area contributed by atoms with E-state index in [-0.39, 0.29) is 6.10 Å². The van der Waals surface area contributed by atoms with Crippen LogP contribution in [0.4, 0.5) is 0 Å². The summed E-state index contributed by atoms with van der Waals surface area (Å²) in [6, 6.07) is 2.61. The summed E-state index contributed by atoms with van der Waals surface area (Å²) in [6.45, 7) is 3.94. The van der Waals surface area contributed by atoms with Gasteiger partial charge in [0.15, 0.2) is 0 Å². The van der Waals surface area contributed by atoms with E-state index in [1.807, 2.05) is 6.07 Å². The molecule has 1 N–H and O–H groups in total. The molecule has 2 rings (SSSR count). The SMILES string of the molecule is CCC1CCOC(c2csc(Cl)c2)CN1. The zero-order valence-electron chi connectivity index (χ0n) is 8.83. The van der Waals surface area contributed by atoms with Crippen LogP contribution in [0.15, 0.2) is 11.4 Å². The number of hydrogen-bond donors (Lipinski definition) is 1. The quantitative estimate of drug-likeness (QED) is 0.864. The van der Waals surface area contributed by atoms with Crippen LogP contribution in [0.2, 0.25) is 4.34 Å². The van der Waals surface area contributed by atoms with Crippen molar-refractivity contribution in [2.45, 2.75) is 31.9 Å². The topological polar surface area (TPSA) is 21.3 Å². The predicted molar refractivity (Wildman–Crippen MR) is 64.7 cm³/mol. The third-order valence-electron chi connectivity index (χ3n) is 2.83. The van der Waals surface area contributed by atoms with E-state index in [0.29, 0.717) is 6.04 Å². The highest BCUT2D eigenvalue weighted by Gasteiger charge is 2.19. The maximum atomic E-state index is 5.92. The fourth-order valence-electron chi connectivity index (χ4n) is 1.84. The molecule has 1 aliphatic heterocycles. The molecule has 84 valence electrons. The highest BCUT2D eigenvalue weighted by atomic mass is 35.5. The first kappa shape index (κ1) is 11.4. The Morgan fingerprint density at radius 3 is 3.20 bits per heavy atom. The standard InChI is InChI=1S/C11H16ClNOS/c1-2-9-3-4-14-10(6-13-9)8-5-11(12)15-7-8/h5,7,9-10,13H,2-4,6H2,1H3. The first-order chi connectivity index (χ1) is 7.29. The van der Waals surface area contributed by atoms with Crippen LogP contribution in [0, 0.1) is 0 Å². The smallest absolute Gasteiger partial charge is 0.0957 e. The van der Waals surface area contributed by atoms with Crippen molar-refractivity contribution in [2.24, 2.45) is 0 Å². The Labute approximate surface area is 99.6 Å². The second kappa shape index (κ2) is 5.30. The number of rotatable bonds is 2. The lowest BCUT2D eigenvalue weighted by Gasteiger charge is -2.14. The van der Waals surface area contributed by atoms with Crippen LogP contribution >= 0.6 is 22.9 Å². The maximum Gasteiger partial charge on any atom is 0.0957 e. The van der Waals surface area contributed by atoms with Gasteiger partial charge in [0.25, 0.3) is 0 Å². The van der Waals surface area contributed by atoms with Crippen LogP contribution in [0.3, 0.4) is 0 Å². The number of nitrogens with one attached hydrogen (secondary N) is 1. The van der Waals surface area contributed by atoms with Crippen molar-refractivity contribution in [3.05, 3.63) is 21.3 Å². The van der Waals surface area contributed by atoms with Crippen LogP contribution in [0.1, 0.15) is 31.4 Å². The lowest BCUT2D eigenvalue weighted by molar-refractivity contribution is 0.0666. The summed E-state index contributed by atoms with van der Waals surface area (Å²) in [5, 5.41) is 5.61. The molecule has 1 fully saturated rings. The molecule has 15 heavy (non-hydrogen) atoms. The molecule has 0 saturated carbocycles. The molecule has 0 amide bonds. The normalized spacial score (nSPS) is 27.6. The average molecular weight is 246 g/mol. The zero-order valence-corrected chi connectivity index (χ0v) is 10.4. The molecule has 1 saturated heterocycles. The van der Waals surface area contributed by atoms with Crippen molar-refractivity contribution < 1.29 is 4.74 Å². The van der Waals surface area contributed by atoms with Crippen molar-refractivity contribution in [3.8, 4) is 0 Å². The number of ether oxygens (including phenoxy) is 1. The molecule has 1 aliphatic rings. The molecule has 1 aromatic heterocycles. The van der Waals surface area contributed by atoms with E-state index in [4.69, 9.17) is 16.3 Å². The minimum atomic E-state index is 0.172. The summed E-state index contributed by atoms with van der Waals surface area (Å²) in [5.41, 5.74) is 1.20. The first-order valence-electron chi connectivity index (χ1n) is 5.38. The van der Waals surface area contributed by atoms with Crippen LogP contribution in [0.25, 0.3) is 0 Å². The summed E-state index contributed by atoms with van der Waals surface area (Å²) in [7, 11) is 0. The number of hydrogen-bond acceptors (Lipinski definition) is 3. The Kier molecular flexibility index (Phi) is 4.03. The Balaban J connectivity index is 1.99. The minimum absolute atomic E-state index is 0.172. The molecule has 1 aromatic rings. The Bertz CT molecular complexity index is 315. The third-order valence-corrected chi connectivity index (χ3v) is 3.94. The van der Waals surface area contributed by atoms with E-state index in [9.17, 15) is 0 Å². The largest absolute Gasteiger partial charge is 0.372 e. The van der Waals surface area contributed by atoms with Crippen LogP contribution < -0.4 is 5.32 Å². The highest BCUT2D eigenvalue weighted by Crippen LogP contribution is 2.27. The molecular formula is C11H16ClNOS. The van der Waals surface area contributed by atoms with Gasteiger partial charge in [-0.3, -0.25) is 0 Å². The van der Waals surface area contributed by atoms with E-state index in [1.54, 1.807) is 11.3 Å². The maximum absolute atomic E-state index is 5.92. The molecule has 2 nitrogen and oxygen atoms in total. The van der Waals surface area contributed by atoms with E-state index >= 15 is 0 Å². The summed E-state index contributed by atoms with van der Waals surface area (Å²) >= 11 is 7.49. The number of thiophene rings is 1. The summed E-state index contributed by atoms with van der Waals surface area (Å²) in [4.78, 5) is 0. The second-order valence-corrected chi connectivity index (χ2v) is 5.39. The Morgan fingerprint density at radius 1 is 1.67 bits per heavy atom. The molecular weight excluding hydrogens is 230 g/mol. The van der Waals surface area contributed by atoms with Gasteiger partial charge in [-0.2, -0.15) is 0 Å². The summed E-state index contributed by atoms with van der Waals surface area (Å²) < 4.78 is 6.66. The van der Waals surface area contributed by atoms with Crippen molar-refractivity contribution in [1.29, 1.82) is 0 Å². The van der Waals surface area contributed by atoms with Crippen molar-refractivity contribution >= 4 is 22.9 Å². The van der Waals surface area contributed by atoms with Gasteiger partial charge in [0.1, 0.15) is 0 Å². The van der Waals surface area contributed by atoms with Gasteiger partial charge >= 0.3 is 0 Å². The molecule has 0 bridgehead atoms. The number of halogens is 1. The third kappa shape index (κ3) is 2.94. The average Bonchev–Trinajstić information content (AvgIpc) is 2.54. The molecule has 2 unspecified atom stereocenters. The van der Waals surface area contributed by atoms with E-state index in [1.165, 1.54) is 12.0 Å². The van der Waals surface area contributed by atoms with Crippen molar-refractivity contribution in [3.63, 3.8) is 0 Å². The van der Waals surface area contributed by atoms with Gasteiger partial charge in [0.2, 0.25) is 0 Å². The lowest BCUT2D eigenvalue weighted by atomic mass is 10.1. The van der Waals surface area contributed by atoms with E-state index < -0.39 is 0 Å². The Morgan fingerprint density at radius 2 is 2.53 bits per heavy atom. The Hall–Kier alpha value is -0.0900. The van der Waals surface area contributed by atoms with Crippen molar-refractivity contribution in [1.82, 2.24) is 5.32 Å². The van der Waals surface area contributed by atoms with Crippen LogP contribution in [-0.4, -0.2) is 19.2 Å². The highest BCUT2D eigenvalue weighted by molar-refractivity contribution is 7.14. The fourth-order valence-corrected chi connectivity index (χ4v) is 2.77. The monoisotopic (exact) mass is 245 g/mol. The minimum Gasteiger partial charge on any atom is -0.372 e. The lowest BCUT2D eigenvalue weighted by Crippen LogP contribution is -2.29. The van der Waals surface area contributed by atoms with E-state index in [0.717, 1.165) is 23.9 Å². The second-order valence-electron chi connectivity index (χ2n) is 3.85. The fraction of sp³-hybridized carbons (Fsp3) is 0.636. The summed E-state index contributed by atoms with van der Waals surface area (Å²) in [5.74, 6) is 0. The van der Waals surface area contributed by atoms with Gasteiger partial charge in [-0.25, -0.2) is 0 Å². The van der Waals surface area contributed by atoms with Gasteiger partial charge in [-0.1, -0.05) is 18.5 Å². The van der Waals surface area contributed by atoms with Gasteiger partial charge in [-0.05, 0) is 29.9 Å². The molecule has 4 heteroatoms. The first-order valence-corrected chi connectivity index (χ1v) is 6.64. The molecule has 2 heterocycles. The summed E-state index contributed by atoms with van der Waals surface area (Å²) in [6.07, 6.45) is 2.44.